The second kappa shape index (κ2) is 7.74. The summed E-state index contributed by atoms with van der Waals surface area (Å²) in [4.78, 5) is 21.3. The van der Waals surface area contributed by atoms with Gasteiger partial charge in [0.25, 0.3) is 5.91 Å². The SMILES string of the molecule is C[C@H]1CCCC[C@H]1NC(=O)c1ccnn1-c1ccc2ccc(-c3cncnc3)cn12. The van der Waals surface area contributed by atoms with Gasteiger partial charge in [-0.05, 0) is 43.0 Å². The van der Waals surface area contributed by atoms with E-state index in [1.165, 1.54) is 25.6 Å². The maximum absolute atomic E-state index is 13.1. The fourth-order valence-corrected chi connectivity index (χ4v) is 4.31. The van der Waals surface area contributed by atoms with E-state index >= 15 is 0 Å². The van der Waals surface area contributed by atoms with Gasteiger partial charge in [0.2, 0.25) is 0 Å². The van der Waals surface area contributed by atoms with E-state index in [4.69, 9.17) is 0 Å². The molecule has 0 saturated heterocycles. The van der Waals surface area contributed by atoms with Gasteiger partial charge < -0.3 is 9.72 Å². The number of carbonyl (C=O) groups excluding carboxylic acids is 1. The number of pyridine rings is 1. The van der Waals surface area contributed by atoms with E-state index in [1.807, 2.05) is 34.9 Å². The molecule has 1 saturated carbocycles. The van der Waals surface area contributed by atoms with E-state index in [2.05, 4.69) is 27.3 Å². The van der Waals surface area contributed by atoms with Gasteiger partial charge in [0, 0.05) is 41.3 Å². The summed E-state index contributed by atoms with van der Waals surface area (Å²) in [5, 5.41) is 7.69. The molecule has 152 valence electrons. The molecule has 30 heavy (non-hydrogen) atoms. The summed E-state index contributed by atoms with van der Waals surface area (Å²) in [5.74, 6) is 1.24. The lowest BCUT2D eigenvalue weighted by molar-refractivity contribution is 0.0902. The first kappa shape index (κ1) is 18.5. The van der Waals surface area contributed by atoms with Gasteiger partial charge >= 0.3 is 0 Å². The van der Waals surface area contributed by atoms with E-state index in [0.29, 0.717) is 11.6 Å². The van der Waals surface area contributed by atoms with E-state index in [1.54, 1.807) is 29.3 Å². The van der Waals surface area contributed by atoms with Gasteiger partial charge in [-0.2, -0.15) is 5.10 Å². The van der Waals surface area contributed by atoms with Crippen LogP contribution in [0, 0.1) is 5.92 Å². The molecule has 1 N–H and O–H groups in total. The second-order valence-electron chi connectivity index (χ2n) is 8.00. The van der Waals surface area contributed by atoms with Crippen molar-refractivity contribution in [2.75, 3.05) is 0 Å². The fourth-order valence-electron chi connectivity index (χ4n) is 4.31. The molecule has 0 radical (unpaired) electrons. The quantitative estimate of drug-likeness (QED) is 0.564. The molecule has 0 bridgehead atoms. The van der Waals surface area contributed by atoms with Gasteiger partial charge in [0.05, 0.1) is 6.20 Å². The number of rotatable bonds is 4. The van der Waals surface area contributed by atoms with Gasteiger partial charge in [-0.3, -0.25) is 4.79 Å². The van der Waals surface area contributed by atoms with Crippen LogP contribution in [-0.2, 0) is 0 Å². The zero-order valence-electron chi connectivity index (χ0n) is 16.9. The number of aromatic nitrogens is 5. The summed E-state index contributed by atoms with van der Waals surface area (Å²) in [6.07, 6.45) is 13.4. The maximum atomic E-state index is 13.1. The van der Waals surface area contributed by atoms with Crippen LogP contribution in [0.1, 0.15) is 43.1 Å². The van der Waals surface area contributed by atoms with E-state index in [0.717, 1.165) is 28.9 Å². The van der Waals surface area contributed by atoms with Gasteiger partial charge in [-0.15, -0.1) is 0 Å². The molecule has 1 aliphatic rings. The number of nitrogens with zero attached hydrogens (tertiary/aromatic N) is 5. The minimum atomic E-state index is -0.0752. The number of hydrogen-bond donors (Lipinski definition) is 1. The highest BCUT2D eigenvalue weighted by atomic mass is 16.2. The smallest absolute Gasteiger partial charge is 0.270 e. The Morgan fingerprint density at radius 2 is 1.83 bits per heavy atom. The van der Waals surface area contributed by atoms with Crippen molar-refractivity contribution in [1.29, 1.82) is 0 Å². The van der Waals surface area contributed by atoms with Crippen LogP contribution in [0.2, 0.25) is 0 Å². The van der Waals surface area contributed by atoms with E-state index < -0.39 is 0 Å². The monoisotopic (exact) mass is 400 g/mol. The van der Waals surface area contributed by atoms with Crippen LogP contribution in [-0.4, -0.2) is 36.1 Å². The highest BCUT2D eigenvalue weighted by Gasteiger charge is 2.25. The maximum Gasteiger partial charge on any atom is 0.270 e. The molecule has 4 aromatic heterocycles. The Morgan fingerprint density at radius 1 is 1.03 bits per heavy atom. The molecular weight excluding hydrogens is 376 g/mol. The van der Waals surface area contributed by atoms with Crippen molar-refractivity contribution >= 4 is 11.4 Å². The number of hydrogen-bond acceptors (Lipinski definition) is 4. The number of fused-ring (bicyclic) bond motifs is 1. The Hall–Kier alpha value is -3.48. The molecule has 1 aliphatic carbocycles. The van der Waals surface area contributed by atoms with E-state index in [-0.39, 0.29) is 11.9 Å². The molecule has 4 heterocycles. The Labute approximate surface area is 174 Å². The highest BCUT2D eigenvalue weighted by Crippen LogP contribution is 2.25. The highest BCUT2D eigenvalue weighted by molar-refractivity contribution is 5.93. The van der Waals surface area contributed by atoms with Crippen LogP contribution in [0.15, 0.2) is 61.4 Å². The third-order valence-electron chi connectivity index (χ3n) is 6.04. The van der Waals surface area contributed by atoms with E-state index in [9.17, 15) is 4.79 Å². The molecule has 0 aliphatic heterocycles. The first-order valence-corrected chi connectivity index (χ1v) is 10.4. The summed E-state index contributed by atoms with van der Waals surface area (Å²) >= 11 is 0. The number of carbonyl (C=O) groups is 1. The minimum Gasteiger partial charge on any atom is -0.348 e. The van der Waals surface area contributed by atoms with Crippen molar-refractivity contribution in [1.82, 2.24) is 29.5 Å². The predicted molar refractivity (Wildman–Crippen MR) is 114 cm³/mol. The lowest BCUT2D eigenvalue weighted by Gasteiger charge is -2.29. The molecule has 1 fully saturated rings. The Bertz CT molecular complexity index is 1180. The van der Waals surface area contributed by atoms with Crippen molar-refractivity contribution in [3.63, 3.8) is 0 Å². The van der Waals surface area contributed by atoms with Crippen LogP contribution >= 0.6 is 0 Å². The summed E-state index contributed by atoms with van der Waals surface area (Å²) < 4.78 is 3.75. The molecule has 7 heteroatoms. The lowest BCUT2D eigenvalue weighted by atomic mass is 9.86. The number of amides is 1. The summed E-state index contributed by atoms with van der Waals surface area (Å²) in [6.45, 7) is 2.22. The molecule has 0 aromatic carbocycles. The Balaban J connectivity index is 1.49. The zero-order valence-corrected chi connectivity index (χ0v) is 16.9. The molecule has 5 rings (SSSR count). The largest absolute Gasteiger partial charge is 0.348 e. The third kappa shape index (κ3) is 3.36. The van der Waals surface area contributed by atoms with Crippen LogP contribution in [0.3, 0.4) is 0 Å². The Kier molecular flexibility index (Phi) is 4.78. The van der Waals surface area contributed by atoms with Gasteiger partial charge in [0.1, 0.15) is 17.8 Å². The van der Waals surface area contributed by atoms with Crippen LogP contribution in [0.5, 0.6) is 0 Å². The summed E-state index contributed by atoms with van der Waals surface area (Å²) in [5.41, 5.74) is 3.49. The van der Waals surface area contributed by atoms with Gasteiger partial charge in [0.15, 0.2) is 0 Å². The molecule has 1 amide bonds. The average molecular weight is 400 g/mol. The molecule has 7 nitrogen and oxygen atoms in total. The van der Waals surface area contributed by atoms with Crippen LogP contribution in [0.25, 0.3) is 22.5 Å². The molecule has 2 atom stereocenters. The summed E-state index contributed by atoms with van der Waals surface area (Å²) in [6, 6.07) is 10.1. The van der Waals surface area contributed by atoms with Crippen molar-refractivity contribution in [2.24, 2.45) is 5.92 Å². The average Bonchev–Trinajstić information content (AvgIpc) is 3.42. The van der Waals surface area contributed by atoms with Gasteiger partial charge in [-0.1, -0.05) is 25.8 Å². The summed E-state index contributed by atoms with van der Waals surface area (Å²) in [7, 11) is 0. The fraction of sp³-hybridized carbons (Fsp3) is 0.304. The first-order chi connectivity index (χ1) is 14.7. The van der Waals surface area contributed by atoms with Crippen LogP contribution in [0.4, 0.5) is 0 Å². The van der Waals surface area contributed by atoms with Gasteiger partial charge in [-0.25, -0.2) is 14.6 Å². The zero-order chi connectivity index (χ0) is 20.5. The second-order valence-corrected chi connectivity index (χ2v) is 8.00. The lowest BCUT2D eigenvalue weighted by Crippen LogP contribution is -2.41. The minimum absolute atomic E-state index is 0.0752. The van der Waals surface area contributed by atoms with Crippen molar-refractivity contribution < 1.29 is 4.79 Å². The third-order valence-corrected chi connectivity index (χ3v) is 6.04. The van der Waals surface area contributed by atoms with Crippen LogP contribution < -0.4 is 5.32 Å². The molecule has 0 unspecified atom stereocenters. The predicted octanol–water partition coefficient (Wildman–Crippen LogP) is 3.89. The Morgan fingerprint density at radius 3 is 2.67 bits per heavy atom. The van der Waals surface area contributed by atoms with Crippen molar-refractivity contribution in [3.05, 3.63) is 67.1 Å². The standard InChI is InChI=1S/C23H24N6O/c1-16-4-2-3-5-20(16)27-23(30)21-10-11-26-29(21)22-9-8-19-7-6-17(14-28(19)22)18-12-24-15-25-13-18/h6-16,20H,2-5H2,1H3,(H,27,30)/t16-,20+/m0/s1. The first-order valence-electron chi connectivity index (χ1n) is 10.4. The molecule has 0 spiro atoms. The van der Waals surface area contributed by atoms with Crippen molar-refractivity contribution in [2.45, 2.75) is 38.6 Å². The van der Waals surface area contributed by atoms with Crippen molar-refractivity contribution in [3.8, 4) is 16.9 Å². The molecular formula is C23H24N6O. The topological polar surface area (TPSA) is 77.1 Å². The number of nitrogens with one attached hydrogen (secondary N) is 1. The normalized spacial score (nSPS) is 19.1. The molecule has 4 aromatic rings.